The van der Waals surface area contributed by atoms with Crippen LogP contribution < -0.4 is 0 Å². The van der Waals surface area contributed by atoms with Crippen molar-refractivity contribution in [2.75, 3.05) is 6.61 Å². The first-order chi connectivity index (χ1) is 15.3. The van der Waals surface area contributed by atoms with E-state index in [9.17, 15) is 15.3 Å². The second-order valence-corrected chi connectivity index (χ2v) is 14.6. The molecule has 4 saturated carbocycles. The summed E-state index contributed by atoms with van der Waals surface area (Å²) in [6.07, 6.45) is 10.3. The Morgan fingerprint density at radius 2 is 1.58 bits per heavy atom. The summed E-state index contributed by atoms with van der Waals surface area (Å²) in [6.45, 7) is 17.0. The Labute approximate surface area is 202 Å². The normalized spacial score (nSPS) is 57.8. The quantitative estimate of drug-likeness (QED) is 0.424. The van der Waals surface area contributed by atoms with Crippen LogP contribution in [-0.2, 0) is 0 Å². The van der Waals surface area contributed by atoms with Gasteiger partial charge >= 0.3 is 0 Å². The highest BCUT2D eigenvalue weighted by Crippen LogP contribution is 2.76. The fourth-order valence-electron chi connectivity index (χ4n) is 11.4. The first kappa shape index (κ1) is 24.3. The van der Waals surface area contributed by atoms with E-state index in [1.807, 2.05) is 0 Å². The molecule has 33 heavy (non-hydrogen) atoms. The Morgan fingerprint density at radius 3 is 2.24 bits per heavy atom. The molecule has 0 aromatic heterocycles. The lowest BCUT2D eigenvalue weighted by molar-refractivity contribution is -0.273. The zero-order valence-electron chi connectivity index (χ0n) is 22.3. The standard InChI is InChI=1S/C30H50O3/c1-18-10-15-30(17-31)24(33)16-29(7)20(25(30)19(18)2)8-9-22-27(5)13-12-23(32)26(3,4)21(27)11-14-28(22,29)6/h10,19-25,31-33H,8-9,11-17H2,1-7H3/t19?,20-,21?,22?,23+,24+,25?,27+,28-,29-,30+/m1/s1. The van der Waals surface area contributed by atoms with Gasteiger partial charge < -0.3 is 15.3 Å². The molecule has 0 aromatic carbocycles. The minimum atomic E-state index is -0.439. The van der Waals surface area contributed by atoms with Crippen LogP contribution in [-0.4, -0.2) is 34.1 Å². The first-order valence-corrected chi connectivity index (χ1v) is 13.9. The van der Waals surface area contributed by atoms with Gasteiger partial charge in [0.2, 0.25) is 0 Å². The number of allylic oxidation sites excluding steroid dienone is 2. The molecule has 5 rings (SSSR count). The number of hydrogen-bond acceptors (Lipinski definition) is 3. The van der Waals surface area contributed by atoms with Crippen LogP contribution in [0.1, 0.15) is 99.8 Å². The van der Waals surface area contributed by atoms with Crippen molar-refractivity contribution in [3.8, 4) is 0 Å². The van der Waals surface area contributed by atoms with E-state index in [2.05, 4.69) is 54.5 Å². The average Bonchev–Trinajstić information content (AvgIpc) is 2.74. The van der Waals surface area contributed by atoms with Crippen molar-refractivity contribution in [3.63, 3.8) is 0 Å². The average molecular weight is 459 g/mol. The van der Waals surface area contributed by atoms with E-state index in [4.69, 9.17) is 0 Å². The summed E-state index contributed by atoms with van der Waals surface area (Å²) >= 11 is 0. The summed E-state index contributed by atoms with van der Waals surface area (Å²) in [5.41, 5.74) is 1.59. The van der Waals surface area contributed by atoms with Gasteiger partial charge in [-0.25, -0.2) is 0 Å². The largest absolute Gasteiger partial charge is 0.396 e. The van der Waals surface area contributed by atoms with E-state index in [-0.39, 0.29) is 39.8 Å². The molecule has 0 radical (unpaired) electrons. The van der Waals surface area contributed by atoms with Crippen LogP contribution in [0.15, 0.2) is 11.6 Å². The van der Waals surface area contributed by atoms with E-state index >= 15 is 0 Å². The molecule has 0 saturated heterocycles. The topological polar surface area (TPSA) is 60.7 Å². The second-order valence-electron chi connectivity index (χ2n) is 14.6. The van der Waals surface area contributed by atoms with Crippen molar-refractivity contribution in [2.24, 2.45) is 56.7 Å². The lowest BCUT2D eigenvalue weighted by Crippen LogP contribution is -2.70. The van der Waals surface area contributed by atoms with Crippen molar-refractivity contribution >= 4 is 0 Å². The third-order valence-corrected chi connectivity index (χ3v) is 13.7. The molecule has 5 aliphatic rings. The van der Waals surface area contributed by atoms with Crippen molar-refractivity contribution in [1.29, 1.82) is 0 Å². The van der Waals surface area contributed by atoms with Gasteiger partial charge in [-0.05, 0) is 110 Å². The fraction of sp³-hybridized carbons (Fsp3) is 0.933. The molecule has 0 aromatic rings. The monoisotopic (exact) mass is 458 g/mol. The van der Waals surface area contributed by atoms with Crippen molar-refractivity contribution in [2.45, 2.75) is 112 Å². The van der Waals surface area contributed by atoms with Gasteiger partial charge in [0.15, 0.2) is 0 Å². The Balaban J connectivity index is 1.58. The van der Waals surface area contributed by atoms with Gasteiger partial charge in [0.05, 0.1) is 18.8 Å². The van der Waals surface area contributed by atoms with Gasteiger partial charge in [-0.2, -0.15) is 0 Å². The highest BCUT2D eigenvalue weighted by atomic mass is 16.3. The SMILES string of the molecule is CC1=CC[C@@]2(CO)C(C1C)[C@H]1CCC3[C@@]4(C)CC[C@H](O)C(C)(C)C4CC[C@@]3(C)[C@]1(C)C[C@@H]2O. The smallest absolute Gasteiger partial charge is 0.0629 e. The first-order valence-electron chi connectivity index (χ1n) is 13.9. The summed E-state index contributed by atoms with van der Waals surface area (Å²) in [6, 6.07) is 0. The van der Waals surface area contributed by atoms with E-state index in [1.165, 1.54) is 31.3 Å². The molecule has 0 aliphatic heterocycles. The predicted octanol–water partition coefficient (Wildman–Crippen LogP) is 5.97. The third-order valence-electron chi connectivity index (χ3n) is 13.7. The lowest BCUT2D eigenvalue weighted by Gasteiger charge is -2.74. The zero-order valence-corrected chi connectivity index (χ0v) is 22.3. The minimum Gasteiger partial charge on any atom is -0.396 e. The highest BCUT2D eigenvalue weighted by molar-refractivity contribution is 5.24. The van der Waals surface area contributed by atoms with Crippen LogP contribution in [0.5, 0.6) is 0 Å². The minimum absolute atomic E-state index is 0.0238. The Kier molecular flexibility index (Phi) is 5.40. The van der Waals surface area contributed by atoms with Crippen molar-refractivity contribution < 1.29 is 15.3 Å². The Morgan fingerprint density at radius 1 is 0.879 bits per heavy atom. The van der Waals surface area contributed by atoms with Gasteiger partial charge in [-0.1, -0.05) is 53.2 Å². The fourth-order valence-corrected chi connectivity index (χ4v) is 11.4. The molecule has 0 spiro atoms. The molecule has 3 nitrogen and oxygen atoms in total. The highest BCUT2D eigenvalue weighted by Gasteiger charge is 2.71. The molecule has 0 heterocycles. The third kappa shape index (κ3) is 2.80. The van der Waals surface area contributed by atoms with Crippen LogP contribution in [0.4, 0.5) is 0 Å². The molecule has 3 N–H and O–H groups in total. The van der Waals surface area contributed by atoms with E-state index in [1.54, 1.807) is 0 Å². The molecular formula is C30H50O3. The molecule has 4 unspecified atom stereocenters. The molecule has 5 aliphatic carbocycles. The van der Waals surface area contributed by atoms with Crippen LogP contribution in [0, 0.1) is 56.7 Å². The molecule has 0 bridgehead atoms. The summed E-state index contributed by atoms with van der Waals surface area (Å²) in [5, 5.41) is 33.3. The van der Waals surface area contributed by atoms with Crippen LogP contribution in [0.25, 0.3) is 0 Å². The molecule has 188 valence electrons. The van der Waals surface area contributed by atoms with Gasteiger partial charge in [0.1, 0.15) is 0 Å². The Hall–Kier alpha value is -0.380. The number of hydrogen-bond donors (Lipinski definition) is 3. The summed E-state index contributed by atoms with van der Waals surface area (Å²) in [5.74, 6) is 2.53. The second kappa shape index (κ2) is 7.32. The lowest BCUT2D eigenvalue weighted by atomic mass is 9.31. The zero-order chi connectivity index (χ0) is 24.2. The van der Waals surface area contributed by atoms with E-state index in [0.717, 1.165) is 25.7 Å². The van der Waals surface area contributed by atoms with Crippen molar-refractivity contribution in [3.05, 3.63) is 11.6 Å². The maximum atomic E-state index is 11.8. The molecular weight excluding hydrogens is 408 g/mol. The van der Waals surface area contributed by atoms with Crippen LogP contribution in [0.2, 0.25) is 0 Å². The molecule has 11 atom stereocenters. The summed E-state index contributed by atoms with van der Waals surface area (Å²) in [4.78, 5) is 0. The van der Waals surface area contributed by atoms with Gasteiger partial charge in [0.25, 0.3) is 0 Å². The van der Waals surface area contributed by atoms with Gasteiger partial charge in [-0.15, -0.1) is 0 Å². The molecule has 3 heteroatoms. The molecule has 4 fully saturated rings. The maximum absolute atomic E-state index is 11.8. The van der Waals surface area contributed by atoms with E-state index in [0.29, 0.717) is 29.6 Å². The van der Waals surface area contributed by atoms with Gasteiger partial charge in [-0.3, -0.25) is 0 Å². The Bertz CT molecular complexity index is 832. The summed E-state index contributed by atoms with van der Waals surface area (Å²) < 4.78 is 0. The molecule has 0 amide bonds. The van der Waals surface area contributed by atoms with Crippen molar-refractivity contribution in [1.82, 2.24) is 0 Å². The number of fused-ring (bicyclic) bond motifs is 7. The van der Waals surface area contributed by atoms with Crippen LogP contribution in [0.3, 0.4) is 0 Å². The number of aliphatic hydroxyl groups excluding tert-OH is 3. The van der Waals surface area contributed by atoms with E-state index < -0.39 is 6.10 Å². The number of rotatable bonds is 1. The number of aliphatic hydroxyl groups is 3. The van der Waals surface area contributed by atoms with Gasteiger partial charge in [0, 0.05) is 5.41 Å². The predicted molar refractivity (Wildman–Crippen MR) is 133 cm³/mol. The summed E-state index contributed by atoms with van der Waals surface area (Å²) in [7, 11) is 0. The maximum Gasteiger partial charge on any atom is 0.0629 e. The van der Waals surface area contributed by atoms with Crippen LogP contribution >= 0.6 is 0 Å².